The van der Waals surface area contributed by atoms with E-state index in [2.05, 4.69) is 0 Å². The SMILES string of the molecule is CCN(C(=O)C1CN(C(=O)COc2ccccc2F)C1)c1cccc(C)c1. The molecule has 5 nitrogen and oxygen atoms in total. The second-order valence-corrected chi connectivity index (χ2v) is 6.64. The molecule has 6 heteroatoms. The summed E-state index contributed by atoms with van der Waals surface area (Å²) in [5, 5.41) is 0. The molecule has 0 spiro atoms. The minimum atomic E-state index is -0.501. The van der Waals surface area contributed by atoms with E-state index in [1.54, 1.807) is 21.9 Å². The van der Waals surface area contributed by atoms with Gasteiger partial charge in [0, 0.05) is 25.3 Å². The summed E-state index contributed by atoms with van der Waals surface area (Å²) in [6.45, 7) is 4.98. The summed E-state index contributed by atoms with van der Waals surface area (Å²) in [6.07, 6.45) is 0. The second-order valence-electron chi connectivity index (χ2n) is 6.64. The van der Waals surface area contributed by atoms with Crippen LogP contribution in [0.1, 0.15) is 12.5 Å². The van der Waals surface area contributed by atoms with Crippen LogP contribution in [0.2, 0.25) is 0 Å². The predicted octanol–water partition coefficient (Wildman–Crippen LogP) is 3.02. The van der Waals surface area contributed by atoms with E-state index in [9.17, 15) is 14.0 Å². The maximum absolute atomic E-state index is 13.5. The number of para-hydroxylation sites is 1. The molecule has 1 saturated heterocycles. The summed E-state index contributed by atoms with van der Waals surface area (Å²) >= 11 is 0. The van der Waals surface area contributed by atoms with Crippen molar-refractivity contribution in [2.75, 3.05) is 31.1 Å². The minimum Gasteiger partial charge on any atom is -0.481 e. The average Bonchev–Trinajstić information content (AvgIpc) is 2.60. The number of hydrogen-bond acceptors (Lipinski definition) is 3. The highest BCUT2D eigenvalue weighted by atomic mass is 19.1. The fraction of sp³-hybridized carbons (Fsp3) is 0.333. The Balaban J connectivity index is 1.52. The number of nitrogens with zero attached hydrogens (tertiary/aromatic N) is 2. The van der Waals surface area contributed by atoms with Crippen LogP contribution < -0.4 is 9.64 Å². The van der Waals surface area contributed by atoms with E-state index in [1.165, 1.54) is 12.1 Å². The molecule has 0 radical (unpaired) electrons. The molecule has 27 heavy (non-hydrogen) atoms. The molecule has 142 valence electrons. The lowest BCUT2D eigenvalue weighted by molar-refractivity contribution is -0.143. The van der Waals surface area contributed by atoms with Crippen LogP contribution in [0.5, 0.6) is 5.75 Å². The zero-order valence-corrected chi connectivity index (χ0v) is 15.5. The standard InChI is InChI=1S/C21H23FN2O3/c1-3-24(17-8-6-7-15(2)11-17)21(26)16-12-23(13-16)20(25)14-27-19-10-5-4-9-18(19)22/h4-11,16H,3,12-14H2,1-2H3. The highest BCUT2D eigenvalue weighted by Crippen LogP contribution is 2.24. The highest BCUT2D eigenvalue weighted by Gasteiger charge is 2.38. The van der Waals surface area contributed by atoms with Gasteiger partial charge in [0.05, 0.1) is 5.92 Å². The summed E-state index contributed by atoms with van der Waals surface area (Å²) in [5.74, 6) is -0.903. The van der Waals surface area contributed by atoms with E-state index in [1.807, 2.05) is 38.1 Å². The van der Waals surface area contributed by atoms with E-state index in [4.69, 9.17) is 4.74 Å². The average molecular weight is 370 g/mol. The van der Waals surface area contributed by atoms with Crippen molar-refractivity contribution in [2.45, 2.75) is 13.8 Å². The largest absolute Gasteiger partial charge is 0.481 e. The third-order valence-electron chi connectivity index (χ3n) is 4.67. The monoisotopic (exact) mass is 370 g/mol. The zero-order valence-electron chi connectivity index (χ0n) is 15.5. The molecule has 2 amide bonds. The Kier molecular flexibility index (Phi) is 5.74. The number of carbonyl (C=O) groups excluding carboxylic acids is 2. The first-order valence-corrected chi connectivity index (χ1v) is 9.02. The first kappa shape index (κ1) is 18.9. The van der Waals surface area contributed by atoms with Crippen molar-refractivity contribution in [3.8, 4) is 5.75 Å². The van der Waals surface area contributed by atoms with Gasteiger partial charge in [0.15, 0.2) is 18.2 Å². The number of carbonyl (C=O) groups is 2. The maximum atomic E-state index is 13.5. The van der Waals surface area contributed by atoms with Gasteiger partial charge in [0.1, 0.15) is 0 Å². The van der Waals surface area contributed by atoms with Crippen LogP contribution in [0, 0.1) is 18.7 Å². The van der Waals surface area contributed by atoms with Crippen LogP contribution in [-0.2, 0) is 9.59 Å². The Morgan fingerprint density at radius 2 is 1.93 bits per heavy atom. The quantitative estimate of drug-likeness (QED) is 0.785. The van der Waals surface area contributed by atoms with E-state index in [0.717, 1.165) is 11.3 Å². The highest BCUT2D eigenvalue weighted by molar-refractivity contribution is 5.97. The van der Waals surface area contributed by atoms with Gasteiger partial charge < -0.3 is 14.5 Å². The first-order valence-electron chi connectivity index (χ1n) is 9.02. The lowest BCUT2D eigenvalue weighted by Gasteiger charge is -2.40. The molecule has 1 heterocycles. The van der Waals surface area contributed by atoms with Crippen LogP contribution in [0.25, 0.3) is 0 Å². The minimum absolute atomic E-state index is 0.0159. The maximum Gasteiger partial charge on any atom is 0.260 e. The number of rotatable bonds is 6. The Morgan fingerprint density at radius 3 is 2.59 bits per heavy atom. The van der Waals surface area contributed by atoms with Crippen molar-refractivity contribution in [2.24, 2.45) is 5.92 Å². The van der Waals surface area contributed by atoms with Gasteiger partial charge in [0.2, 0.25) is 5.91 Å². The van der Waals surface area contributed by atoms with Crippen molar-refractivity contribution in [1.82, 2.24) is 4.90 Å². The number of amides is 2. The van der Waals surface area contributed by atoms with E-state index >= 15 is 0 Å². The molecular formula is C21H23FN2O3. The summed E-state index contributed by atoms with van der Waals surface area (Å²) in [7, 11) is 0. The summed E-state index contributed by atoms with van der Waals surface area (Å²) in [4.78, 5) is 28.3. The molecule has 0 bridgehead atoms. The number of anilines is 1. The van der Waals surface area contributed by atoms with Crippen molar-refractivity contribution < 1.29 is 18.7 Å². The van der Waals surface area contributed by atoms with Crippen LogP contribution >= 0.6 is 0 Å². The molecule has 2 aromatic rings. The molecule has 0 N–H and O–H groups in total. The fourth-order valence-electron chi connectivity index (χ4n) is 3.11. The number of hydrogen-bond donors (Lipinski definition) is 0. The topological polar surface area (TPSA) is 49.9 Å². The van der Waals surface area contributed by atoms with Gasteiger partial charge in [-0.05, 0) is 43.7 Å². The fourth-order valence-corrected chi connectivity index (χ4v) is 3.11. The van der Waals surface area contributed by atoms with E-state index in [-0.39, 0.29) is 30.1 Å². The molecular weight excluding hydrogens is 347 g/mol. The molecule has 1 fully saturated rings. The molecule has 3 rings (SSSR count). The zero-order chi connectivity index (χ0) is 19.4. The summed E-state index contributed by atoms with van der Waals surface area (Å²) < 4.78 is 18.8. The number of aryl methyl sites for hydroxylation is 1. The van der Waals surface area contributed by atoms with Gasteiger partial charge >= 0.3 is 0 Å². The third kappa shape index (κ3) is 4.27. The number of likely N-dealkylation sites (tertiary alicyclic amines) is 1. The van der Waals surface area contributed by atoms with Gasteiger partial charge in [-0.25, -0.2) is 4.39 Å². The van der Waals surface area contributed by atoms with Crippen molar-refractivity contribution in [3.63, 3.8) is 0 Å². The number of halogens is 1. The first-order chi connectivity index (χ1) is 13.0. The molecule has 0 unspecified atom stereocenters. The molecule has 0 atom stereocenters. The summed E-state index contributed by atoms with van der Waals surface area (Å²) in [6, 6.07) is 13.8. The van der Waals surface area contributed by atoms with Crippen LogP contribution in [0.4, 0.5) is 10.1 Å². The Labute approximate surface area is 158 Å². The lowest BCUT2D eigenvalue weighted by atomic mass is 9.97. The molecule has 0 saturated carbocycles. The molecule has 1 aliphatic rings. The van der Waals surface area contributed by atoms with Crippen molar-refractivity contribution >= 4 is 17.5 Å². The van der Waals surface area contributed by atoms with Crippen LogP contribution in [-0.4, -0.2) is 43.0 Å². The molecule has 2 aromatic carbocycles. The number of ether oxygens (including phenoxy) is 1. The van der Waals surface area contributed by atoms with Gasteiger partial charge in [-0.3, -0.25) is 9.59 Å². The second kappa shape index (κ2) is 8.20. The third-order valence-corrected chi connectivity index (χ3v) is 4.67. The molecule has 0 aromatic heterocycles. The predicted molar refractivity (Wildman–Crippen MR) is 101 cm³/mol. The Bertz CT molecular complexity index is 834. The normalized spacial score (nSPS) is 13.8. The lowest BCUT2D eigenvalue weighted by Crippen LogP contribution is -2.57. The number of benzene rings is 2. The van der Waals surface area contributed by atoms with Gasteiger partial charge in [-0.1, -0.05) is 24.3 Å². The van der Waals surface area contributed by atoms with Gasteiger partial charge in [0.25, 0.3) is 5.91 Å². The molecule has 0 aliphatic carbocycles. The van der Waals surface area contributed by atoms with Crippen molar-refractivity contribution in [3.05, 3.63) is 59.9 Å². The summed E-state index contributed by atoms with van der Waals surface area (Å²) in [5.41, 5.74) is 1.96. The van der Waals surface area contributed by atoms with Gasteiger partial charge in [-0.15, -0.1) is 0 Å². The Hall–Kier alpha value is -2.89. The smallest absolute Gasteiger partial charge is 0.260 e. The van der Waals surface area contributed by atoms with E-state index < -0.39 is 5.82 Å². The van der Waals surface area contributed by atoms with Crippen LogP contribution in [0.15, 0.2) is 48.5 Å². The molecule has 1 aliphatic heterocycles. The van der Waals surface area contributed by atoms with Gasteiger partial charge in [-0.2, -0.15) is 0 Å². The van der Waals surface area contributed by atoms with Crippen LogP contribution in [0.3, 0.4) is 0 Å². The Morgan fingerprint density at radius 1 is 1.19 bits per heavy atom. The van der Waals surface area contributed by atoms with Crippen molar-refractivity contribution in [1.29, 1.82) is 0 Å². The van der Waals surface area contributed by atoms with E-state index in [0.29, 0.717) is 19.6 Å².